The average Bonchev–Trinajstić information content (AvgIpc) is 3.28. The predicted molar refractivity (Wildman–Crippen MR) is 173 cm³/mol. The van der Waals surface area contributed by atoms with E-state index in [0.717, 1.165) is 0 Å². The Labute approximate surface area is 285 Å². The fourth-order valence-corrected chi connectivity index (χ4v) is 3.45. The van der Waals surface area contributed by atoms with Crippen molar-refractivity contribution in [2.75, 3.05) is 24.2 Å². The van der Waals surface area contributed by atoms with Gasteiger partial charge in [0.25, 0.3) is 0 Å². The van der Waals surface area contributed by atoms with Gasteiger partial charge in [-0.1, -0.05) is 115 Å². The molecular weight excluding hydrogens is 516 g/mol. The second kappa shape index (κ2) is 11.9. The van der Waals surface area contributed by atoms with Gasteiger partial charge in [0.2, 0.25) is 6.41 Å². The van der Waals surface area contributed by atoms with Crippen LogP contribution in [-0.2, 0) is 4.79 Å². The van der Waals surface area contributed by atoms with Gasteiger partial charge in [-0.25, -0.2) is 9.97 Å². The van der Waals surface area contributed by atoms with Crippen LogP contribution in [0, 0.1) is 0 Å². The second-order valence-corrected chi connectivity index (χ2v) is 7.94. The molecule has 0 unspecified atom stereocenters. The summed E-state index contributed by atoms with van der Waals surface area (Å²) in [6.07, 6.45) is -0.320. The van der Waals surface area contributed by atoms with Gasteiger partial charge in [0.05, 0.1) is 52.9 Å². The standard InChI is InChI=1S/C37H30N4O/c1-38-35-23-32(21-22-36(35)41(2)25-42)28-15-19-30(20-16-28)34-24-33(39-37(40-34)31-11-7-4-8-12-31)29-17-13-27(14-18-29)26-9-5-3-6-10-26/h3-25,38H,1-2H3/i1D3,2D3,3D,4D,5D,6D,7D,8D,9D,10D,11D,12D,13D,14D,15D,16D,17D,18D,19D,20D,21D,22D,23D,24D. The number of hydrogen-bond donors (Lipinski definition) is 1. The van der Waals surface area contributed by atoms with Crippen molar-refractivity contribution in [3.05, 3.63) is 133 Å². The van der Waals surface area contributed by atoms with E-state index in [0.29, 0.717) is 0 Å². The number of hydrogen-bond acceptors (Lipinski definition) is 4. The molecule has 0 aliphatic carbocycles. The molecule has 6 rings (SSSR count). The lowest BCUT2D eigenvalue weighted by atomic mass is 10.00. The Morgan fingerprint density at radius 2 is 1.12 bits per heavy atom. The molecule has 5 nitrogen and oxygen atoms in total. The number of nitrogens with zero attached hydrogens (tertiary/aromatic N) is 3. The fraction of sp³-hybridized carbons (Fsp3) is 0.0541. The van der Waals surface area contributed by atoms with Crippen LogP contribution < -0.4 is 10.2 Å². The van der Waals surface area contributed by atoms with Crippen LogP contribution in [0.3, 0.4) is 0 Å². The van der Waals surface area contributed by atoms with Gasteiger partial charge in [-0.2, -0.15) is 0 Å². The topological polar surface area (TPSA) is 58.1 Å². The molecule has 5 heteroatoms. The molecule has 42 heavy (non-hydrogen) atoms. The highest BCUT2D eigenvalue weighted by atomic mass is 16.1. The van der Waals surface area contributed by atoms with Crippen LogP contribution in [0.4, 0.5) is 11.4 Å². The predicted octanol–water partition coefficient (Wildman–Crippen LogP) is 8.45. The summed E-state index contributed by atoms with van der Waals surface area (Å²) in [6, 6.07) is -22.9. The molecule has 0 aliphatic rings. The first-order valence-electron chi connectivity index (χ1n) is 25.6. The quantitative estimate of drug-likeness (QED) is 0.185. The van der Waals surface area contributed by atoms with Crippen molar-refractivity contribution in [3.8, 4) is 56.2 Å². The number of rotatable bonds is 8. The van der Waals surface area contributed by atoms with E-state index in [1.165, 1.54) is 0 Å². The third-order valence-electron chi connectivity index (χ3n) is 5.38. The van der Waals surface area contributed by atoms with E-state index in [1.54, 1.807) is 0 Å². The van der Waals surface area contributed by atoms with E-state index in [1.807, 2.05) is 5.32 Å². The van der Waals surface area contributed by atoms with Crippen LogP contribution in [0.5, 0.6) is 0 Å². The number of nitrogens with one attached hydrogen (secondary N) is 1. The minimum Gasteiger partial charge on any atom is -0.386 e. The molecule has 1 heterocycles. The first-order valence-corrected chi connectivity index (χ1v) is 11.6. The molecule has 0 radical (unpaired) electrons. The molecule has 0 fully saturated rings. The summed E-state index contributed by atoms with van der Waals surface area (Å²) in [5.74, 6) is -0.934. The highest BCUT2D eigenvalue weighted by Crippen LogP contribution is 2.33. The Bertz CT molecular complexity index is 3160. The molecular formula is C37H30N4O. The van der Waals surface area contributed by atoms with Crippen LogP contribution in [0.25, 0.3) is 56.2 Å². The van der Waals surface area contributed by atoms with Gasteiger partial charge in [-0.05, 0) is 40.4 Å². The van der Waals surface area contributed by atoms with Crippen molar-refractivity contribution < 1.29 is 43.2 Å². The van der Waals surface area contributed by atoms with Crippen LogP contribution in [0.1, 0.15) is 38.4 Å². The molecule has 204 valence electrons. The Morgan fingerprint density at radius 1 is 0.619 bits per heavy atom. The number of amides is 1. The zero-order chi connectivity index (χ0) is 53.0. The summed E-state index contributed by atoms with van der Waals surface area (Å²) in [7, 11) is 0. The van der Waals surface area contributed by atoms with Crippen LogP contribution in [0.2, 0.25) is 0 Å². The van der Waals surface area contributed by atoms with Gasteiger partial charge in [-0.3, -0.25) is 4.79 Å². The second-order valence-electron chi connectivity index (χ2n) is 7.94. The third kappa shape index (κ3) is 5.54. The normalized spacial score (nSPS) is 20.8. The van der Waals surface area contributed by atoms with E-state index >= 15 is 0 Å². The molecule has 1 N–H and O–H groups in total. The van der Waals surface area contributed by atoms with E-state index in [9.17, 15) is 6.17 Å². The summed E-state index contributed by atoms with van der Waals surface area (Å²) in [5.41, 5.74) is -10.3. The zero-order valence-electron chi connectivity index (χ0n) is 48.8. The lowest BCUT2D eigenvalue weighted by Gasteiger charge is -2.17. The molecule has 0 saturated heterocycles. The average molecular weight is 575 g/mol. The summed E-state index contributed by atoms with van der Waals surface area (Å²) < 4.78 is 238. The molecule has 6 aromatic rings. The Morgan fingerprint density at radius 3 is 1.67 bits per heavy atom. The number of benzene rings is 5. The molecule has 0 spiro atoms. The summed E-state index contributed by atoms with van der Waals surface area (Å²) >= 11 is 0. The molecule has 0 aliphatic heterocycles. The first kappa shape index (κ1) is 9.50. The van der Waals surface area contributed by atoms with Crippen molar-refractivity contribution in [2.45, 2.75) is 0 Å². The van der Waals surface area contributed by atoms with E-state index in [4.69, 9.17) is 37.0 Å². The van der Waals surface area contributed by atoms with Crippen molar-refractivity contribution in [2.24, 2.45) is 0 Å². The Hall–Kier alpha value is -5.55. The van der Waals surface area contributed by atoms with Gasteiger partial charge >= 0.3 is 0 Å². The Balaban J connectivity index is 1.78. The minimum absolute atomic E-state index is 0.113. The summed E-state index contributed by atoms with van der Waals surface area (Å²) in [5, 5.41) is 1.83. The number of anilines is 2. The van der Waals surface area contributed by atoms with Crippen molar-refractivity contribution in [1.82, 2.24) is 9.97 Å². The van der Waals surface area contributed by atoms with E-state index < -0.39 is 214 Å². The molecule has 0 saturated carbocycles. The highest BCUT2D eigenvalue weighted by molar-refractivity contribution is 5.86. The first-order chi connectivity index (χ1) is 32.2. The van der Waals surface area contributed by atoms with Gasteiger partial charge in [-0.15, -0.1) is 0 Å². The lowest BCUT2D eigenvalue weighted by molar-refractivity contribution is -0.107. The fourth-order valence-electron chi connectivity index (χ4n) is 3.45. The maximum Gasteiger partial charge on any atom is 0.213 e. The SMILES string of the molecule is [2H]c1c(-c2c([2H])c([2H])c(-c3c([2H])c([2H])c([2H])c([2H])c3[2H])c([2H])c2[2H])nc(-c2c([2H])c([2H])c([2H])c([2H])c2[2H])nc1-c1c([2H])c([2H])c(-c2c([2H])c([2H])c(N(C=O)C([2H])([2H])[2H])c(NC([2H])([2H])[2H])c2[2H])c([2H])c1[2H]. The van der Waals surface area contributed by atoms with Crippen molar-refractivity contribution in [1.29, 1.82) is 0 Å². The number of carbonyl (C=O) groups excluding carboxylic acids is 1. The molecule has 1 aromatic heterocycles. The van der Waals surface area contributed by atoms with Gasteiger partial charge in [0.15, 0.2) is 5.82 Å². The zero-order valence-corrected chi connectivity index (χ0v) is 20.8. The van der Waals surface area contributed by atoms with Gasteiger partial charge < -0.3 is 10.2 Å². The smallest absolute Gasteiger partial charge is 0.213 e. The number of aromatic nitrogens is 2. The largest absolute Gasteiger partial charge is 0.386 e. The summed E-state index contributed by atoms with van der Waals surface area (Å²) in [4.78, 5) is 20.3. The number of carbonyl (C=O) groups is 1. The van der Waals surface area contributed by atoms with Crippen molar-refractivity contribution >= 4 is 17.8 Å². The third-order valence-corrected chi connectivity index (χ3v) is 5.38. The highest BCUT2D eigenvalue weighted by Gasteiger charge is 2.12. The van der Waals surface area contributed by atoms with Crippen LogP contribution >= 0.6 is 0 Å². The van der Waals surface area contributed by atoms with Crippen LogP contribution in [-0.4, -0.2) is 30.3 Å². The maximum atomic E-state index is 12.1. The molecule has 0 atom stereocenters. The van der Waals surface area contributed by atoms with Crippen molar-refractivity contribution in [3.63, 3.8) is 0 Å². The van der Waals surface area contributed by atoms with Crippen LogP contribution in [0.15, 0.2) is 133 Å². The Kier molecular flexibility index (Phi) is 2.69. The monoisotopic (exact) mass is 574 g/mol. The maximum absolute atomic E-state index is 12.1. The minimum atomic E-state index is -3.43. The molecule has 0 bridgehead atoms. The summed E-state index contributed by atoms with van der Waals surface area (Å²) in [6.45, 7) is -6.71. The van der Waals surface area contributed by atoms with E-state index in [2.05, 4.69) is 9.97 Å². The van der Waals surface area contributed by atoms with E-state index in [-0.39, 0.29) is 11.3 Å². The van der Waals surface area contributed by atoms with Gasteiger partial charge in [0, 0.05) is 38.9 Å². The van der Waals surface area contributed by atoms with Gasteiger partial charge in [0.1, 0.15) is 0 Å². The molecule has 1 amide bonds. The molecule has 5 aromatic carbocycles. The lowest BCUT2D eigenvalue weighted by Crippen LogP contribution is -2.15.